The number of anilines is 1. The van der Waals surface area contributed by atoms with Crippen LogP contribution in [0, 0.1) is 19.7 Å². The Bertz CT molecular complexity index is 649. The molecule has 5 heteroatoms. The van der Waals surface area contributed by atoms with Crippen LogP contribution in [0.1, 0.15) is 20.1 Å². The van der Waals surface area contributed by atoms with Crippen LogP contribution in [0.2, 0.25) is 0 Å². The predicted molar refractivity (Wildman–Crippen MR) is 74.9 cm³/mol. The van der Waals surface area contributed by atoms with Crippen LogP contribution in [0.4, 0.5) is 10.1 Å². The fourth-order valence-electron chi connectivity index (χ4n) is 1.97. The summed E-state index contributed by atoms with van der Waals surface area (Å²) in [7, 11) is 1.32. The summed E-state index contributed by atoms with van der Waals surface area (Å²) in [5, 5.41) is 0. The molecule has 100 valence electrons. The molecule has 0 radical (unpaired) electrons. The van der Waals surface area contributed by atoms with E-state index in [1.165, 1.54) is 24.5 Å². The van der Waals surface area contributed by atoms with E-state index in [2.05, 4.69) is 0 Å². The summed E-state index contributed by atoms with van der Waals surface area (Å²) < 4.78 is 18.0. The number of carbonyl (C=O) groups excluding carboxylic acids is 1. The zero-order valence-electron chi connectivity index (χ0n) is 10.9. The van der Waals surface area contributed by atoms with Crippen molar-refractivity contribution in [1.82, 2.24) is 0 Å². The molecule has 2 aromatic rings. The Labute approximate surface area is 114 Å². The number of esters is 1. The number of halogens is 1. The van der Waals surface area contributed by atoms with Crippen LogP contribution in [-0.2, 0) is 4.74 Å². The van der Waals surface area contributed by atoms with Gasteiger partial charge in [0.25, 0.3) is 0 Å². The summed E-state index contributed by atoms with van der Waals surface area (Å²) in [4.78, 5) is 12.9. The van der Waals surface area contributed by atoms with Crippen molar-refractivity contribution in [3.05, 3.63) is 39.3 Å². The molecule has 1 aromatic heterocycles. The number of methoxy groups -OCH3 is 1. The van der Waals surface area contributed by atoms with Gasteiger partial charge in [0.15, 0.2) is 0 Å². The van der Waals surface area contributed by atoms with Gasteiger partial charge in [0.1, 0.15) is 10.7 Å². The molecule has 0 saturated carbocycles. The normalized spacial score (nSPS) is 10.5. The van der Waals surface area contributed by atoms with Crippen LogP contribution in [0.15, 0.2) is 18.2 Å². The minimum atomic E-state index is -0.448. The Balaban J connectivity index is 2.59. The largest absolute Gasteiger partial charge is 0.465 e. The first kappa shape index (κ1) is 13.5. The van der Waals surface area contributed by atoms with Crippen molar-refractivity contribution in [2.75, 3.05) is 12.8 Å². The lowest BCUT2D eigenvalue weighted by Gasteiger charge is -2.05. The van der Waals surface area contributed by atoms with Gasteiger partial charge in [-0.3, -0.25) is 0 Å². The van der Waals surface area contributed by atoms with Crippen molar-refractivity contribution < 1.29 is 13.9 Å². The van der Waals surface area contributed by atoms with Crippen LogP contribution in [0.5, 0.6) is 0 Å². The predicted octanol–water partition coefficient (Wildman–Crippen LogP) is 3.54. The maximum Gasteiger partial charge on any atom is 0.350 e. The number of nitrogen functional groups attached to an aromatic ring is 1. The van der Waals surface area contributed by atoms with Crippen molar-refractivity contribution in [2.24, 2.45) is 0 Å². The Morgan fingerprint density at radius 1 is 1.37 bits per heavy atom. The average molecular weight is 279 g/mol. The zero-order chi connectivity index (χ0) is 14.2. The van der Waals surface area contributed by atoms with E-state index in [9.17, 15) is 9.18 Å². The highest BCUT2D eigenvalue weighted by atomic mass is 32.1. The molecule has 19 heavy (non-hydrogen) atoms. The highest BCUT2D eigenvalue weighted by Gasteiger charge is 2.20. The van der Waals surface area contributed by atoms with Gasteiger partial charge < -0.3 is 10.5 Å². The number of thiophene rings is 1. The molecule has 0 atom stereocenters. The molecular formula is C14H14FNO2S. The van der Waals surface area contributed by atoms with E-state index in [0.717, 1.165) is 16.0 Å². The summed E-state index contributed by atoms with van der Waals surface area (Å²) in [6.07, 6.45) is 0. The molecule has 0 aliphatic carbocycles. The van der Waals surface area contributed by atoms with Gasteiger partial charge in [0.2, 0.25) is 0 Å². The Morgan fingerprint density at radius 2 is 2.05 bits per heavy atom. The van der Waals surface area contributed by atoms with Crippen LogP contribution in [0.25, 0.3) is 11.1 Å². The Morgan fingerprint density at radius 3 is 2.63 bits per heavy atom. The van der Waals surface area contributed by atoms with E-state index >= 15 is 0 Å². The number of benzene rings is 1. The van der Waals surface area contributed by atoms with Crippen molar-refractivity contribution in [3.63, 3.8) is 0 Å². The second-order valence-corrected chi connectivity index (χ2v) is 5.46. The second-order valence-electron chi connectivity index (χ2n) is 4.23. The first-order chi connectivity index (χ1) is 8.95. The lowest BCUT2D eigenvalue weighted by Crippen LogP contribution is -2.02. The lowest BCUT2D eigenvalue weighted by molar-refractivity contribution is 0.0607. The van der Waals surface area contributed by atoms with Crippen LogP contribution in [-0.4, -0.2) is 13.1 Å². The maximum atomic E-state index is 13.3. The fourth-order valence-corrected chi connectivity index (χ4v) is 2.98. The number of ether oxygens (including phenoxy) is 1. The highest BCUT2D eigenvalue weighted by molar-refractivity contribution is 7.15. The van der Waals surface area contributed by atoms with E-state index in [0.29, 0.717) is 16.1 Å². The third kappa shape index (κ3) is 2.33. The van der Waals surface area contributed by atoms with Crippen molar-refractivity contribution in [1.29, 1.82) is 0 Å². The molecule has 0 fully saturated rings. The zero-order valence-corrected chi connectivity index (χ0v) is 11.7. The molecule has 1 heterocycles. The molecule has 0 saturated heterocycles. The first-order valence-corrected chi connectivity index (χ1v) is 6.51. The minimum Gasteiger partial charge on any atom is -0.465 e. The van der Waals surface area contributed by atoms with Gasteiger partial charge in [-0.25, -0.2) is 9.18 Å². The van der Waals surface area contributed by atoms with Crippen molar-refractivity contribution >= 4 is 23.0 Å². The maximum absolute atomic E-state index is 13.3. The van der Waals surface area contributed by atoms with Crippen LogP contribution in [0.3, 0.4) is 0 Å². The summed E-state index contributed by atoms with van der Waals surface area (Å²) in [5.74, 6) is -0.709. The molecule has 0 aliphatic heterocycles. The lowest BCUT2D eigenvalue weighted by atomic mass is 10.0. The quantitative estimate of drug-likeness (QED) is 0.855. The molecule has 0 amide bonds. The molecule has 0 bridgehead atoms. The molecule has 2 rings (SSSR count). The first-order valence-electron chi connectivity index (χ1n) is 5.69. The minimum absolute atomic E-state index is 0.261. The molecule has 0 unspecified atom stereocenters. The van der Waals surface area contributed by atoms with Gasteiger partial charge in [-0.15, -0.1) is 11.3 Å². The third-order valence-electron chi connectivity index (χ3n) is 2.94. The summed E-state index contributed by atoms with van der Waals surface area (Å²) in [5.41, 5.74) is 8.53. The summed E-state index contributed by atoms with van der Waals surface area (Å²) in [6, 6.07) is 4.79. The van der Waals surface area contributed by atoms with Gasteiger partial charge in [-0.05, 0) is 37.1 Å². The SMILES string of the molecule is COC(=O)c1sc(C)c(-c2ccc(F)c(C)c2)c1N. The van der Waals surface area contributed by atoms with E-state index in [1.54, 1.807) is 19.1 Å². The van der Waals surface area contributed by atoms with E-state index in [-0.39, 0.29) is 5.82 Å². The Hall–Kier alpha value is -1.88. The Kier molecular flexibility index (Phi) is 3.57. The highest BCUT2D eigenvalue weighted by Crippen LogP contribution is 2.39. The van der Waals surface area contributed by atoms with Gasteiger partial charge >= 0.3 is 5.97 Å². The van der Waals surface area contributed by atoms with Crippen LogP contribution >= 0.6 is 11.3 Å². The van der Waals surface area contributed by atoms with Gasteiger partial charge in [0, 0.05) is 10.4 Å². The topological polar surface area (TPSA) is 52.3 Å². The number of aryl methyl sites for hydroxylation is 2. The smallest absolute Gasteiger partial charge is 0.350 e. The van der Waals surface area contributed by atoms with Crippen LogP contribution < -0.4 is 5.73 Å². The molecular weight excluding hydrogens is 265 g/mol. The number of hydrogen-bond acceptors (Lipinski definition) is 4. The van der Waals surface area contributed by atoms with E-state index < -0.39 is 5.97 Å². The fraction of sp³-hybridized carbons (Fsp3) is 0.214. The monoisotopic (exact) mass is 279 g/mol. The third-order valence-corrected chi connectivity index (χ3v) is 4.04. The van der Waals surface area contributed by atoms with Crippen molar-refractivity contribution in [2.45, 2.75) is 13.8 Å². The van der Waals surface area contributed by atoms with Gasteiger partial charge in [0.05, 0.1) is 12.8 Å². The van der Waals surface area contributed by atoms with E-state index in [1.807, 2.05) is 6.92 Å². The molecule has 3 nitrogen and oxygen atoms in total. The van der Waals surface area contributed by atoms with Crippen molar-refractivity contribution in [3.8, 4) is 11.1 Å². The molecule has 1 aromatic carbocycles. The average Bonchev–Trinajstić information content (AvgIpc) is 2.68. The summed E-state index contributed by atoms with van der Waals surface area (Å²) in [6.45, 7) is 3.57. The number of carbonyl (C=O) groups is 1. The number of hydrogen-bond donors (Lipinski definition) is 1. The molecule has 2 N–H and O–H groups in total. The molecule has 0 spiro atoms. The standard InChI is InChI=1S/C14H14FNO2S/c1-7-6-9(4-5-10(7)15)11-8(2)19-13(12(11)16)14(17)18-3/h4-6H,16H2,1-3H3. The summed E-state index contributed by atoms with van der Waals surface area (Å²) >= 11 is 1.29. The number of rotatable bonds is 2. The van der Waals surface area contributed by atoms with E-state index in [4.69, 9.17) is 10.5 Å². The number of nitrogens with two attached hydrogens (primary N) is 1. The second kappa shape index (κ2) is 5.01. The van der Waals surface area contributed by atoms with Gasteiger partial charge in [-0.1, -0.05) is 6.07 Å². The van der Waals surface area contributed by atoms with Gasteiger partial charge in [-0.2, -0.15) is 0 Å². The molecule has 0 aliphatic rings.